The molecule has 1 saturated carbocycles. The average Bonchev–Trinajstić information content (AvgIpc) is 2.40. The first-order valence-corrected chi connectivity index (χ1v) is 8.48. The Labute approximate surface area is 120 Å². The zero-order valence-corrected chi connectivity index (χ0v) is 13.6. The van der Waals surface area contributed by atoms with Crippen LogP contribution in [0.3, 0.4) is 0 Å². The van der Waals surface area contributed by atoms with E-state index >= 15 is 0 Å². The first-order valence-electron chi connectivity index (χ1n) is 8.48. The third kappa shape index (κ3) is 7.31. The molecule has 1 fully saturated rings. The van der Waals surface area contributed by atoms with Gasteiger partial charge in [-0.2, -0.15) is 0 Å². The minimum Gasteiger partial charge on any atom is -0.378 e. The van der Waals surface area contributed by atoms with Crippen LogP contribution in [0.15, 0.2) is 0 Å². The average molecular weight is 269 g/mol. The molecule has 0 radical (unpaired) electrons. The van der Waals surface area contributed by atoms with Gasteiger partial charge in [-0.3, -0.25) is 0 Å². The van der Waals surface area contributed by atoms with Gasteiger partial charge >= 0.3 is 0 Å². The second-order valence-electron chi connectivity index (χ2n) is 6.61. The Bertz CT molecular complexity index is 219. The molecule has 1 rings (SSSR count). The molecule has 0 heterocycles. The molecule has 4 atom stereocenters. The summed E-state index contributed by atoms with van der Waals surface area (Å²) in [7, 11) is 0. The van der Waals surface area contributed by atoms with E-state index in [0.29, 0.717) is 12.1 Å². The zero-order valence-electron chi connectivity index (χ0n) is 13.6. The van der Waals surface area contributed by atoms with Crippen LogP contribution in [-0.4, -0.2) is 25.3 Å². The van der Waals surface area contributed by atoms with Crippen LogP contribution in [0.2, 0.25) is 0 Å². The Hall–Kier alpha value is -0.0800. The minimum absolute atomic E-state index is 0.543. The lowest BCUT2D eigenvalue weighted by Crippen LogP contribution is -2.27. The smallest absolute Gasteiger partial charge is 0.0577 e. The van der Waals surface area contributed by atoms with Crippen molar-refractivity contribution in [2.24, 2.45) is 11.8 Å². The quantitative estimate of drug-likeness (QED) is 0.627. The number of rotatable bonds is 9. The molecule has 0 amide bonds. The number of hydrogen-bond donors (Lipinski definition) is 1. The van der Waals surface area contributed by atoms with Crippen LogP contribution in [-0.2, 0) is 4.74 Å². The summed E-state index contributed by atoms with van der Waals surface area (Å²) in [6, 6.07) is 0.663. The lowest BCUT2D eigenvalue weighted by atomic mass is 9.80. The lowest BCUT2D eigenvalue weighted by Gasteiger charge is -2.32. The van der Waals surface area contributed by atoms with E-state index in [1.165, 1.54) is 44.9 Å². The molecule has 0 aromatic heterocycles. The fourth-order valence-corrected chi connectivity index (χ4v) is 2.94. The minimum atomic E-state index is 0.543. The Morgan fingerprint density at radius 3 is 2.63 bits per heavy atom. The third-order valence-corrected chi connectivity index (χ3v) is 4.68. The molecule has 4 unspecified atom stereocenters. The first kappa shape index (κ1) is 17.0. The van der Waals surface area contributed by atoms with Crippen LogP contribution in [0.25, 0.3) is 0 Å². The van der Waals surface area contributed by atoms with E-state index in [2.05, 4.69) is 33.0 Å². The van der Waals surface area contributed by atoms with Crippen LogP contribution >= 0.6 is 0 Å². The van der Waals surface area contributed by atoms with Gasteiger partial charge < -0.3 is 10.1 Å². The maximum atomic E-state index is 6.04. The molecule has 19 heavy (non-hydrogen) atoms. The topological polar surface area (TPSA) is 21.3 Å². The van der Waals surface area contributed by atoms with E-state index in [1.54, 1.807) is 0 Å². The van der Waals surface area contributed by atoms with E-state index in [1.807, 2.05) is 0 Å². The lowest BCUT2D eigenvalue weighted by molar-refractivity contribution is 0.000899. The molecule has 0 bridgehead atoms. The van der Waals surface area contributed by atoms with Crippen molar-refractivity contribution in [3.63, 3.8) is 0 Å². The normalized spacial score (nSPS) is 29.4. The fraction of sp³-hybridized carbons (Fsp3) is 1.00. The van der Waals surface area contributed by atoms with Gasteiger partial charge in [-0.25, -0.2) is 0 Å². The second kappa shape index (κ2) is 9.77. The molecular weight excluding hydrogens is 234 g/mol. The molecule has 1 aliphatic carbocycles. The van der Waals surface area contributed by atoms with Crippen molar-refractivity contribution >= 4 is 0 Å². The maximum absolute atomic E-state index is 6.04. The number of unbranched alkanes of at least 4 members (excludes halogenated alkanes) is 1. The van der Waals surface area contributed by atoms with Crippen molar-refractivity contribution in [3.05, 3.63) is 0 Å². The van der Waals surface area contributed by atoms with Gasteiger partial charge in [0.1, 0.15) is 0 Å². The van der Waals surface area contributed by atoms with Crippen molar-refractivity contribution < 1.29 is 4.74 Å². The second-order valence-corrected chi connectivity index (χ2v) is 6.61. The van der Waals surface area contributed by atoms with Crippen LogP contribution in [0.5, 0.6) is 0 Å². The van der Waals surface area contributed by atoms with Crippen molar-refractivity contribution in [1.29, 1.82) is 0 Å². The van der Waals surface area contributed by atoms with Crippen molar-refractivity contribution in [2.75, 3.05) is 13.2 Å². The van der Waals surface area contributed by atoms with Crippen LogP contribution in [0, 0.1) is 11.8 Å². The van der Waals surface area contributed by atoms with Gasteiger partial charge in [0, 0.05) is 12.6 Å². The molecule has 1 N–H and O–H groups in total. The predicted octanol–water partition coefficient (Wildman–Crippen LogP) is 4.39. The summed E-state index contributed by atoms with van der Waals surface area (Å²) < 4.78 is 6.04. The van der Waals surface area contributed by atoms with Gasteiger partial charge in [-0.15, -0.1) is 0 Å². The van der Waals surface area contributed by atoms with Crippen LogP contribution in [0.4, 0.5) is 0 Å². The number of ether oxygens (including phenoxy) is 1. The molecule has 114 valence electrons. The monoisotopic (exact) mass is 269 g/mol. The van der Waals surface area contributed by atoms with Crippen LogP contribution in [0.1, 0.15) is 72.6 Å². The molecule has 0 saturated heterocycles. The van der Waals surface area contributed by atoms with Crippen molar-refractivity contribution in [3.8, 4) is 0 Å². The molecular formula is C17H35NO. The maximum Gasteiger partial charge on any atom is 0.0577 e. The molecule has 0 aromatic carbocycles. The summed E-state index contributed by atoms with van der Waals surface area (Å²) in [4.78, 5) is 0. The SMILES string of the molecule is CCCNC(C)CCCCOC1CCC(C)C(C)C1. The van der Waals surface area contributed by atoms with Crippen molar-refractivity contribution in [2.45, 2.75) is 84.8 Å². The molecule has 1 aliphatic rings. The van der Waals surface area contributed by atoms with Gasteiger partial charge in [-0.05, 0) is 70.3 Å². The van der Waals surface area contributed by atoms with E-state index in [9.17, 15) is 0 Å². The standard InChI is InChI=1S/C17H35NO/c1-5-11-18-16(4)8-6-7-12-19-17-10-9-14(2)15(3)13-17/h14-18H,5-13H2,1-4H3. The first-order chi connectivity index (χ1) is 9.13. The van der Waals surface area contributed by atoms with Gasteiger partial charge in [0.2, 0.25) is 0 Å². The molecule has 2 heteroatoms. The number of hydrogen-bond acceptors (Lipinski definition) is 2. The summed E-state index contributed by atoms with van der Waals surface area (Å²) >= 11 is 0. The molecule has 2 nitrogen and oxygen atoms in total. The Morgan fingerprint density at radius 2 is 1.95 bits per heavy atom. The van der Waals surface area contributed by atoms with E-state index in [0.717, 1.165) is 25.0 Å². The Morgan fingerprint density at radius 1 is 1.16 bits per heavy atom. The van der Waals surface area contributed by atoms with E-state index in [-0.39, 0.29) is 0 Å². The van der Waals surface area contributed by atoms with Gasteiger partial charge in [0.15, 0.2) is 0 Å². The highest BCUT2D eigenvalue weighted by Gasteiger charge is 2.24. The molecule has 0 spiro atoms. The molecule has 0 aliphatic heterocycles. The summed E-state index contributed by atoms with van der Waals surface area (Å²) in [5.41, 5.74) is 0. The summed E-state index contributed by atoms with van der Waals surface area (Å²) in [5, 5.41) is 3.54. The van der Waals surface area contributed by atoms with Gasteiger partial charge in [-0.1, -0.05) is 20.8 Å². The predicted molar refractivity (Wildman–Crippen MR) is 83.5 cm³/mol. The summed E-state index contributed by atoms with van der Waals surface area (Å²) in [6.07, 6.45) is 9.46. The summed E-state index contributed by atoms with van der Waals surface area (Å²) in [5.74, 6) is 1.74. The van der Waals surface area contributed by atoms with E-state index < -0.39 is 0 Å². The molecule has 0 aromatic rings. The number of nitrogens with one attached hydrogen (secondary N) is 1. The fourth-order valence-electron chi connectivity index (χ4n) is 2.94. The highest BCUT2D eigenvalue weighted by molar-refractivity contribution is 4.75. The Balaban J connectivity index is 1.96. The summed E-state index contributed by atoms with van der Waals surface area (Å²) in [6.45, 7) is 11.4. The largest absolute Gasteiger partial charge is 0.378 e. The third-order valence-electron chi connectivity index (χ3n) is 4.68. The highest BCUT2D eigenvalue weighted by Crippen LogP contribution is 2.30. The van der Waals surface area contributed by atoms with Crippen LogP contribution < -0.4 is 5.32 Å². The van der Waals surface area contributed by atoms with Gasteiger partial charge in [0.05, 0.1) is 6.10 Å². The van der Waals surface area contributed by atoms with Crippen molar-refractivity contribution in [1.82, 2.24) is 5.32 Å². The highest BCUT2D eigenvalue weighted by atomic mass is 16.5. The van der Waals surface area contributed by atoms with E-state index in [4.69, 9.17) is 4.74 Å². The Kier molecular flexibility index (Phi) is 8.72. The van der Waals surface area contributed by atoms with Gasteiger partial charge in [0.25, 0.3) is 0 Å². The zero-order chi connectivity index (χ0) is 14.1.